The van der Waals surface area contributed by atoms with Crippen LogP contribution in [-0.4, -0.2) is 10.7 Å². The predicted molar refractivity (Wildman–Crippen MR) is 57.0 cm³/mol. The summed E-state index contributed by atoms with van der Waals surface area (Å²) in [5.41, 5.74) is 0.720. The molecule has 4 unspecified atom stereocenters. The van der Waals surface area contributed by atoms with Gasteiger partial charge in [0.05, 0.1) is 5.60 Å². The van der Waals surface area contributed by atoms with Crippen LogP contribution < -0.4 is 0 Å². The van der Waals surface area contributed by atoms with Crippen molar-refractivity contribution in [3.8, 4) is 0 Å². The molecule has 0 spiro atoms. The molecule has 4 atom stereocenters. The van der Waals surface area contributed by atoms with Crippen molar-refractivity contribution in [3.05, 3.63) is 0 Å². The van der Waals surface area contributed by atoms with Crippen LogP contribution in [0.5, 0.6) is 0 Å². The minimum atomic E-state index is -0.274. The summed E-state index contributed by atoms with van der Waals surface area (Å²) in [6.45, 7) is 4.73. The SMILES string of the molecule is CCC12CC3CC(C)(CC(O)(C3)C1)C2. The van der Waals surface area contributed by atoms with E-state index in [-0.39, 0.29) is 5.60 Å². The lowest BCUT2D eigenvalue weighted by Gasteiger charge is -2.64. The fourth-order valence-corrected chi connectivity index (χ4v) is 5.48. The molecule has 1 heteroatoms. The van der Waals surface area contributed by atoms with Crippen molar-refractivity contribution < 1.29 is 5.11 Å². The molecule has 14 heavy (non-hydrogen) atoms. The van der Waals surface area contributed by atoms with E-state index in [1.54, 1.807) is 0 Å². The third kappa shape index (κ3) is 1.11. The molecular formula is C13H22O. The van der Waals surface area contributed by atoms with E-state index >= 15 is 0 Å². The Kier molecular flexibility index (Phi) is 1.56. The molecule has 80 valence electrons. The highest BCUT2D eigenvalue weighted by atomic mass is 16.3. The Morgan fingerprint density at radius 3 is 2.50 bits per heavy atom. The Morgan fingerprint density at radius 2 is 1.93 bits per heavy atom. The highest BCUT2D eigenvalue weighted by molar-refractivity contribution is 5.11. The van der Waals surface area contributed by atoms with Crippen LogP contribution in [0, 0.1) is 16.7 Å². The van der Waals surface area contributed by atoms with Crippen LogP contribution in [0.25, 0.3) is 0 Å². The van der Waals surface area contributed by atoms with E-state index in [4.69, 9.17) is 0 Å². The average Bonchev–Trinajstić information content (AvgIpc) is 1.97. The second-order valence-electron chi connectivity index (χ2n) is 6.90. The highest BCUT2D eigenvalue weighted by Crippen LogP contribution is 2.67. The van der Waals surface area contributed by atoms with E-state index in [2.05, 4.69) is 13.8 Å². The van der Waals surface area contributed by atoms with Crippen LogP contribution in [0.15, 0.2) is 0 Å². The van der Waals surface area contributed by atoms with Crippen LogP contribution >= 0.6 is 0 Å². The summed E-state index contributed by atoms with van der Waals surface area (Å²) >= 11 is 0. The van der Waals surface area contributed by atoms with Gasteiger partial charge in [0.2, 0.25) is 0 Å². The molecule has 0 aromatic rings. The molecule has 4 aliphatic rings. The molecule has 0 amide bonds. The van der Waals surface area contributed by atoms with E-state index in [9.17, 15) is 5.11 Å². The number of aliphatic hydroxyl groups is 1. The monoisotopic (exact) mass is 194 g/mol. The lowest BCUT2D eigenvalue weighted by molar-refractivity contribution is -0.195. The molecule has 0 aromatic heterocycles. The standard InChI is InChI=1S/C13H22O/c1-3-12-5-10-4-11(2,7-12)8-13(14,6-10)9-12/h10,14H,3-9H2,1-2H3. The van der Waals surface area contributed by atoms with Gasteiger partial charge in [0.1, 0.15) is 0 Å². The quantitative estimate of drug-likeness (QED) is 0.680. The average molecular weight is 194 g/mol. The largest absolute Gasteiger partial charge is 0.390 e. The van der Waals surface area contributed by atoms with Crippen molar-refractivity contribution in [1.29, 1.82) is 0 Å². The van der Waals surface area contributed by atoms with Gasteiger partial charge in [0.25, 0.3) is 0 Å². The molecule has 1 N–H and O–H groups in total. The van der Waals surface area contributed by atoms with Gasteiger partial charge in [-0.2, -0.15) is 0 Å². The smallest absolute Gasteiger partial charge is 0.0661 e. The van der Waals surface area contributed by atoms with Crippen LogP contribution in [-0.2, 0) is 0 Å². The third-order valence-electron chi connectivity index (χ3n) is 5.18. The first-order valence-corrected chi connectivity index (χ1v) is 6.19. The van der Waals surface area contributed by atoms with Gasteiger partial charge in [-0.1, -0.05) is 20.3 Å². The Bertz CT molecular complexity index is 252. The molecule has 0 aromatic carbocycles. The normalized spacial score (nSPS) is 60.6. The van der Waals surface area contributed by atoms with Gasteiger partial charge in [0.15, 0.2) is 0 Å². The zero-order chi connectivity index (χ0) is 10.0. The fraction of sp³-hybridized carbons (Fsp3) is 1.00. The molecule has 0 saturated heterocycles. The maximum absolute atomic E-state index is 10.6. The number of hydrogen-bond acceptors (Lipinski definition) is 1. The molecule has 4 fully saturated rings. The summed E-state index contributed by atoms with van der Waals surface area (Å²) < 4.78 is 0. The summed E-state index contributed by atoms with van der Waals surface area (Å²) in [7, 11) is 0. The van der Waals surface area contributed by atoms with Crippen molar-refractivity contribution in [1.82, 2.24) is 0 Å². The minimum Gasteiger partial charge on any atom is -0.390 e. The van der Waals surface area contributed by atoms with Crippen LogP contribution in [0.3, 0.4) is 0 Å². The first-order chi connectivity index (χ1) is 6.47. The van der Waals surface area contributed by atoms with Crippen molar-refractivity contribution in [2.75, 3.05) is 0 Å². The van der Waals surface area contributed by atoms with Crippen LogP contribution in [0.1, 0.15) is 58.8 Å². The molecule has 1 nitrogen and oxygen atoms in total. The molecule has 0 aliphatic heterocycles. The Labute approximate surface area is 86.9 Å². The minimum absolute atomic E-state index is 0.274. The molecule has 0 heterocycles. The lowest BCUT2D eigenvalue weighted by Crippen LogP contribution is -2.59. The summed E-state index contributed by atoms with van der Waals surface area (Å²) in [4.78, 5) is 0. The predicted octanol–water partition coefficient (Wildman–Crippen LogP) is 3.12. The van der Waals surface area contributed by atoms with Crippen molar-refractivity contribution >= 4 is 0 Å². The van der Waals surface area contributed by atoms with Crippen molar-refractivity contribution in [2.45, 2.75) is 64.4 Å². The van der Waals surface area contributed by atoms with E-state index in [1.807, 2.05) is 0 Å². The Morgan fingerprint density at radius 1 is 1.14 bits per heavy atom. The third-order valence-corrected chi connectivity index (χ3v) is 5.18. The molecule has 0 radical (unpaired) electrons. The molecule has 4 bridgehead atoms. The first kappa shape index (κ1) is 9.21. The molecule has 4 rings (SSSR count). The zero-order valence-electron chi connectivity index (χ0n) is 9.47. The van der Waals surface area contributed by atoms with Crippen LogP contribution in [0.4, 0.5) is 0 Å². The Hall–Kier alpha value is -0.0400. The lowest BCUT2D eigenvalue weighted by atomic mass is 9.43. The molecule has 4 aliphatic carbocycles. The molecule has 4 saturated carbocycles. The fourth-order valence-electron chi connectivity index (χ4n) is 5.48. The summed E-state index contributed by atoms with van der Waals surface area (Å²) in [5.74, 6) is 0.834. The number of hydrogen-bond donors (Lipinski definition) is 1. The van der Waals surface area contributed by atoms with Crippen LogP contribution in [0.2, 0.25) is 0 Å². The molecular weight excluding hydrogens is 172 g/mol. The Balaban J connectivity index is 2.01. The maximum Gasteiger partial charge on any atom is 0.0661 e. The topological polar surface area (TPSA) is 20.2 Å². The van der Waals surface area contributed by atoms with Gasteiger partial charge < -0.3 is 5.11 Å². The van der Waals surface area contributed by atoms with Gasteiger partial charge >= 0.3 is 0 Å². The summed E-state index contributed by atoms with van der Waals surface area (Å²) in [5, 5.41) is 10.6. The number of rotatable bonds is 1. The summed E-state index contributed by atoms with van der Waals surface area (Å²) in [6.07, 6.45) is 8.74. The van der Waals surface area contributed by atoms with E-state index < -0.39 is 0 Å². The first-order valence-electron chi connectivity index (χ1n) is 6.19. The highest BCUT2D eigenvalue weighted by Gasteiger charge is 2.60. The second-order valence-corrected chi connectivity index (χ2v) is 6.90. The van der Waals surface area contributed by atoms with Gasteiger partial charge in [-0.05, 0) is 55.3 Å². The van der Waals surface area contributed by atoms with Gasteiger partial charge in [-0.25, -0.2) is 0 Å². The maximum atomic E-state index is 10.6. The van der Waals surface area contributed by atoms with Gasteiger partial charge in [0, 0.05) is 0 Å². The summed E-state index contributed by atoms with van der Waals surface area (Å²) in [6, 6.07) is 0. The van der Waals surface area contributed by atoms with Gasteiger partial charge in [-0.3, -0.25) is 0 Å². The van der Waals surface area contributed by atoms with E-state index in [0.717, 1.165) is 25.2 Å². The van der Waals surface area contributed by atoms with Gasteiger partial charge in [-0.15, -0.1) is 0 Å². The van der Waals surface area contributed by atoms with E-state index in [0.29, 0.717) is 10.8 Å². The van der Waals surface area contributed by atoms with Crippen molar-refractivity contribution in [2.24, 2.45) is 16.7 Å². The zero-order valence-corrected chi connectivity index (χ0v) is 9.47. The second kappa shape index (κ2) is 2.37. The van der Waals surface area contributed by atoms with E-state index in [1.165, 1.54) is 25.7 Å². The van der Waals surface area contributed by atoms with Crippen molar-refractivity contribution in [3.63, 3.8) is 0 Å².